The zero-order valence-corrected chi connectivity index (χ0v) is 17.0. The molecule has 0 aromatic carbocycles. The molecule has 0 spiro atoms. The zero-order chi connectivity index (χ0) is 20.4. The highest BCUT2D eigenvalue weighted by atomic mass is 16.5. The van der Waals surface area contributed by atoms with Crippen LogP contribution in [0.3, 0.4) is 0 Å². The maximum absolute atomic E-state index is 11.9. The van der Waals surface area contributed by atoms with Gasteiger partial charge >= 0.3 is 5.97 Å². The summed E-state index contributed by atoms with van der Waals surface area (Å²) in [6.45, 7) is 4.27. The van der Waals surface area contributed by atoms with E-state index in [2.05, 4.69) is 27.1 Å². The van der Waals surface area contributed by atoms with E-state index < -0.39 is 5.97 Å². The van der Waals surface area contributed by atoms with Crippen molar-refractivity contribution in [2.75, 3.05) is 13.7 Å². The van der Waals surface area contributed by atoms with Gasteiger partial charge in [-0.3, -0.25) is 4.68 Å². The number of rotatable bonds is 6. The molecule has 1 atom stereocenters. The molecule has 1 saturated carbocycles. The first-order valence-corrected chi connectivity index (χ1v) is 10.1. The summed E-state index contributed by atoms with van der Waals surface area (Å²) in [4.78, 5) is 21.0. The average Bonchev–Trinajstić information content (AvgIpc) is 3.41. The molecule has 9 nitrogen and oxygen atoms in total. The van der Waals surface area contributed by atoms with Gasteiger partial charge in [0.1, 0.15) is 11.0 Å². The second-order valence-electron chi connectivity index (χ2n) is 7.39. The summed E-state index contributed by atoms with van der Waals surface area (Å²) in [5.41, 5.74) is 1.81. The highest BCUT2D eigenvalue weighted by Crippen LogP contribution is 2.35. The van der Waals surface area contributed by atoms with E-state index in [0.717, 1.165) is 5.52 Å². The minimum Gasteiger partial charge on any atom is -0.479 e. The fraction of sp³-hybridized carbons (Fsp3) is 0.550. The Hall–Kier alpha value is -2.97. The topological polar surface area (TPSA) is 97.0 Å². The van der Waals surface area contributed by atoms with Crippen LogP contribution in [-0.4, -0.2) is 49.2 Å². The summed E-state index contributed by atoms with van der Waals surface area (Å²) in [6, 6.07) is 0.247. The van der Waals surface area contributed by atoms with Gasteiger partial charge in [0.15, 0.2) is 0 Å². The standard InChI is InChI=1S/C20H26N6O3/c1-4-29-19(27)15-10-21-25(12-15)20-23-16-11-22-26(17(16)18(24-20)28-3)13(2)14-8-6-5-7-9-14/h10-14H,4-9H2,1-3H3/t13-/m1/s1. The molecule has 3 heterocycles. The number of fused-ring (bicyclic) bond motifs is 1. The summed E-state index contributed by atoms with van der Waals surface area (Å²) in [5.74, 6) is 0.920. The molecule has 3 aromatic heterocycles. The Bertz CT molecular complexity index is 1000. The van der Waals surface area contributed by atoms with Gasteiger partial charge in [0, 0.05) is 6.20 Å². The largest absolute Gasteiger partial charge is 0.479 e. The SMILES string of the molecule is CCOC(=O)c1cnn(-c2nc(OC)c3c(cnn3[C@H](C)C3CCCCC3)n2)c1. The van der Waals surface area contributed by atoms with Crippen LogP contribution in [-0.2, 0) is 4.74 Å². The minimum atomic E-state index is -0.430. The predicted octanol–water partition coefficient (Wildman–Crippen LogP) is 3.34. The quantitative estimate of drug-likeness (QED) is 0.587. The van der Waals surface area contributed by atoms with Gasteiger partial charge in [-0.05, 0) is 32.6 Å². The minimum absolute atomic E-state index is 0.247. The van der Waals surface area contributed by atoms with Crippen molar-refractivity contribution in [1.29, 1.82) is 0 Å². The van der Waals surface area contributed by atoms with Crippen molar-refractivity contribution in [3.05, 3.63) is 24.2 Å². The Kier molecular flexibility index (Phi) is 5.46. The first-order valence-electron chi connectivity index (χ1n) is 10.1. The number of carbonyl (C=O) groups is 1. The van der Waals surface area contributed by atoms with E-state index in [4.69, 9.17) is 9.47 Å². The summed E-state index contributed by atoms with van der Waals surface area (Å²) in [6.07, 6.45) is 11.0. The molecular formula is C20H26N6O3. The van der Waals surface area contributed by atoms with Gasteiger partial charge in [-0.25, -0.2) is 14.5 Å². The van der Waals surface area contributed by atoms with Crippen LogP contribution in [0.25, 0.3) is 17.0 Å². The van der Waals surface area contributed by atoms with Crippen LogP contribution in [0.15, 0.2) is 18.6 Å². The number of esters is 1. The van der Waals surface area contributed by atoms with Crippen LogP contribution < -0.4 is 4.74 Å². The van der Waals surface area contributed by atoms with E-state index in [9.17, 15) is 4.79 Å². The Morgan fingerprint density at radius 2 is 2.00 bits per heavy atom. The maximum atomic E-state index is 11.9. The molecule has 3 aromatic rings. The lowest BCUT2D eigenvalue weighted by molar-refractivity contribution is 0.0526. The first-order chi connectivity index (χ1) is 14.1. The molecule has 0 unspecified atom stereocenters. The van der Waals surface area contributed by atoms with Crippen molar-refractivity contribution in [3.63, 3.8) is 0 Å². The number of hydrogen-bond donors (Lipinski definition) is 0. The fourth-order valence-electron chi connectivity index (χ4n) is 4.04. The molecule has 154 valence electrons. The van der Waals surface area contributed by atoms with Gasteiger partial charge in [-0.2, -0.15) is 15.2 Å². The summed E-state index contributed by atoms with van der Waals surface area (Å²) >= 11 is 0. The van der Waals surface area contributed by atoms with Crippen LogP contribution in [0, 0.1) is 5.92 Å². The van der Waals surface area contributed by atoms with E-state index in [-0.39, 0.29) is 6.04 Å². The van der Waals surface area contributed by atoms with Crippen LogP contribution in [0.4, 0.5) is 0 Å². The van der Waals surface area contributed by atoms with Crippen molar-refractivity contribution >= 4 is 17.0 Å². The van der Waals surface area contributed by atoms with E-state index in [1.165, 1.54) is 43.0 Å². The van der Waals surface area contributed by atoms with Crippen LogP contribution >= 0.6 is 0 Å². The second-order valence-corrected chi connectivity index (χ2v) is 7.39. The Morgan fingerprint density at radius 1 is 1.21 bits per heavy atom. The number of hydrogen-bond acceptors (Lipinski definition) is 7. The lowest BCUT2D eigenvalue weighted by atomic mass is 9.84. The molecule has 1 fully saturated rings. The molecule has 1 aliphatic rings. The van der Waals surface area contributed by atoms with Gasteiger partial charge in [0.2, 0.25) is 5.88 Å². The molecular weight excluding hydrogens is 372 g/mol. The normalized spacial score (nSPS) is 16.1. The smallest absolute Gasteiger partial charge is 0.341 e. The number of methoxy groups -OCH3 is 1. The zero-order valence-electron chi connectivity index (χ0n) is 17.0. The van der Waals surface area contributed by atoms with Crippen molar-refractivity contribution in [1.82, 2.24) is 29.5 Å². The van der Waals surface area contributed by atoms with Crippen molar-refractivity contribution in [3.8, 4) is 11.8 Å². The molecule has 0 amide bonds. The summed E-state index contributed by atoms with van der Waals surface area (Å²) in [5, 5.41) is 8.80. The Balaban J connectivity index is 1.69. The lowest BCUT2D eigenvalue weighted by Crippen LogP contribution is -2.20. The Morgan fingerprint density at radius 3 is 2.72 bits per heavy atom. The van der Waals surface area contributed by atoms with E-state index in [1.807, 2.05) is 4.68 Å². The van der Waals surface area contributed by atoms with E-state index in [1.54, 1.807) is 26.4 Å². The third kappa shape index (κ3) is 3.68. The highest BCUT2D eigenvalue weighted by Gasteiger charge is 2.26. The van der Waals surface area contributed by atoms with E-state index in [0.29, 0.717) is 35.4 Å². The molecule has 9 heteroatoms. The van der Waals surface area contributed by atoms with E-state index >= 15 is 0 Å². The first kappa shape index (κ1) is 19.4. The average molecular weight is 398 g/mol. The summed E-state index contributed by atoms with van der Waals surface area (Å²) < 4.78 is 14.0. The second kappa shape index (κ2) is 8.18. The van der Waals surface area contributed by atoms with Gasteiger partial charge < -0.3 is 9.47 Å². The van der Waals surface area contributed by atoms with Crippen molar-refractivity contribution in [2.24, 2.45) is 5.92 Å². The van der Waals surface area contributed by atoms with Crippen molar-refractivity contribution < 1.29 is 14.3 Å². The Labute approximate surface area is 169 Å². The summed E-state index contributed by atoms with van der Waals surface area (Å²) in [7, 11) is 1.58. The predicted molar refractivity (Wildman–Crippen MR) is 106 cm³/mol. The van der Waals surface area contributed by atoms with Gasteiger partial charge in [-0.1, -0.05) is 19.3 Å². The molecule has 4 rings (SSSR count). The monoisotopic (exact) mass is 398 g/mol. The van der Waals surface area contributed by atoms with Gasteiger partial charge in [0.25, 0.3) is 5.95 Å². The number of aromatic nitrogens is 6. The molecule has 0 N–H and O–H groups in total. The number of nitrogens with zero attached hydrogens (tertiary/aromatic N) is 6. The highest BCUT2D eigenvalue weighted by molar-refractivity contribution is 5.88. The molecule has 0 bridgehead atoms. The van der Waals surface area contributed by atoms with Crippen molar-refractivity contribution in [2.45, 2.75) is 52.0 Å². The maximum Gasteiger partial charge on any atom is 0.341 e. The third-order valence-corrected chi connectivity index (χ3v) is 5.61. The third-order valence-electron chi connectivity index (χ3n) is 5.61. The molecule has 0 aliphatic heterocycles. The van der Waals surface area contributed by atoms with Gasteiger partial charge in [0.05, 0.1) is 37.7 Å². The van der Waals surface area contributed by atoms with Crippen LogP contribution in [0.1, 0.15) is 62.4 Å². The number of ether oxygens (including phenoxy) is 2. The molecule has 1 aliphatic carbocycles. The van der Waals surface area contributed by atoms with Gasteiger partial charge in [-0.15, -0.1) is 0 Å². The van der Waals surface area contributed by atoms with Crippen LogP contribution in [0.2, 0.25) is 0 Å². The fourth-order valence-corrected chi connectivity index (χ4v) is 4.04. The molecule has 29 heavy (non-hydrogen) atoms. The molecule has 0 radical (unpaired) electrons. The number of carbonyl (C=O) groups excluding carboxylic acids is 1. The molecule has 0 saturated heterocycles. The lowest BCUT2D eigenvalue weighted by Gasteiger charge is -2.28. The van der Waals surface area contributed by atoms with Crippen LogP contribution in [0.5, 0.6) is 5.88 Å².